The summed E-state index contributed by atoms with van der Waals surface area (Å²) in [6, 6.07) is 0. The van der Waals surface area contributed by atoms with Crippen molar-refractivity contribution in [3.63, 3.8) is 0 Å². The standard InChI is InChI=1S/C8H10N2/c1-5-3-4-7(9)8(10)6(5)2/h3-4,9-10H,1-2H3. The predicted molar refractivity (Wildman–Crippen MR) is 43.0 cm³/mol. The van der Waals surface area contributed by atoms with Crippen molar-refractivity contribution in [3.8, 4) is 0 Å². The molecule has 52 valence electrons. The molecule has 0 bridgehead atoms. The van der Waals surface area contributed by atoms with Crippen LogP contribution in [-0.2, 0) is 0 Å². The van der Waals surface area contributed by atoms with E-state index in [0.717, 1.165) is 11.1 Å². The van der Waals surface area contributed by atoms with Crippen LogP contribution in [0.15, 0.2) is 23.3 Å². The van der Waals surface area contributed by atoms with E-state index >= 15 is 0 Å². The van der Waals surface area contributed by atoms with Gasteiger partial charge in [-0.15, -0.1) is 0 Å². The van der Waals surface area contributed by atoms with Gasteiger partial charge in [0.05, 0.1) is 11.4 Å². The van der Waals surface area contributed by atoms with Crippen molar-refractivity contribution >= 4 is 11.4 Å². The number of nitrogens with one attached hydrogen (secondary N) is 2. The van der Waals surface area contributed by atoms with E-state index in [-0.39, 0.29) is 0 Å². The fraction of sp³-hybridized carbons (Fsp3) is 0.250. The first-order chi connectivity index (χ1) is 4.63. The molecule has 1 rings (SSSR count). The van der Waals surface area contributed by atoms with E-state index in [9.17, 15) is 0 Å². The van der Waals surface area contributed by atoms with Crippen LogP contribution in [0.4, 0.5) is 0 Å². The van der Waals surface area contributed by atoms with Gasteiger partial charge in [0.1, 0.15) is 0 Å². The maximum absolute atomic E-state index is 7.40. The first-order valence-electron chi connectivity index (χ1n) is 3.16. The van der Waals surface area contributed by atoms with Gasteiger partial charge in [-0.3, -0.25) is 10.8 Å². The normalized spacial score (nSPS) is 18.6. The third kappa shape index (κ3) is 0.923. The number of rotatable bonds is 0. The first-order valence-corrected chi connectivity index (χ1v) is 3.16. The minimum absolute atomic E-state index is 0.308. The molecule has 0 atom stereocenters. The second kappa shape index (κ2) is 2.21. The van der Waals surface area contributed by atoms with Crippen molar-refractivity contribution in [3.05, 3.63) is 23.3 Å². The van der Waals surface area contributed by atoms with E-state index in [2.05, 4.69) is 0 Å². The van der Waals surface area contributed by atoms with Crippen molar-refractivity contribution in [2.75, 3.05) is 0 Å². The highest BCUT2D eigenvalue weighted by molar-refractivity contribution is 6.50. The van der Waals surface area contributed by atoms with E-state index in [1.54, 1.807) is 6.08 Å². The minimum atomic E-state index is 0.308. The predicted octanol–water partition coefficient (Wildman–Crippen LogP) is 1.93. The third-order valence-corrected chi connectivity index (χ3v) is 1.74. The topological polar surface area (TPSA) is 47.7 Å². The Balaban J connectivity index is 3.11. The molecule has 0 fully saturated rings. The summed E-state index contributed by atoms with van der Waals surface area (Å²) in [6.45, 7) is 3.82. The molecule has 10 heavy (non-hydrogen) atoms. The summed E-state index contributed by atoms with van der Waals surface area (Å²) in [4.78, 5) is 0. The van der Waals surface area contributed by atoms with Crippen molar-refractivity contribution in [2.24, 2.45) is 0 Å². The van der Waals surface area contributed by atoms with Crippen LogP contribution < -0.4 is 0 Å². The zero-order valence-corrected chi connectivity index (χ0v) is 6.15. The molecule has 0 amide bonds. The number of hydrogen-bond acceptors (Lipinski definition) is 2. The average Bonchev–Trinajstić information content (AvgIpc) is 1.93. The van der Waals surface area contributed by atoms with Crippen LogP contribution >= 0.6 is 0 Å². The van der Waals surface area contributed by atoms with Gasteiger partial charge in [0, 0.05) is 0 Å². The Hall–Kier alpha value is -1.18. The number of hydrogen-bond donors (Lipinski definition) is 2. The SMILES string of the molecule is CC1=C(C)C(=N)C(=N)C=C1. The molecular weight excluding hydrogens is 124 g/mol. The third-order valence-electron chi connectivity index (χ3n) is 1.74. The van der Waals surface area contributed by atoms with Crippen LogP contribution in [0.5, 0.6) is 0 Å². The Labute approximate surface area is 60.3 Å². The highest BCUT2D eigenvalue weighted by Crippen LogP contribution is 2.12. The smallest absolute Gasteiger partial charge is 0.0820 e. The molecule has 0 aromatic rings. The van der Waals surface area contributed by atoms with Gasteiger partial charge in [0.25, 0.3) is 0 Å². The lowest BCUT2D eigenvalue weighted by molar-refractivity contribution is 1.35. The van der Waals surface area contributed by atoms with Gasteiger partial charge < -0.3 is 0 Å². The van der Waals surface area contributed by atoms with Crippen LogP contribution in [0.1, 0.15) is 13.8 Å². The van der Waals surface area contributed by atoms with Crippen LogP contribution in [0, 0.1) is 10.8 Å². The summed E-state index contributed by atoms with van der Waals surface area (Å²) in [5, 5.41) is 14.7. The Kier molecular flexibility index (Phi) is 1.53. The van der Waals surface area contributed by atoms with Crippen molar-refractivity contribution in [1.82, 2.24) is 0 Å². The molecule has 0 heterocycles. The van der Waals surface area contributed by atoms with Gasteiger partial charge >= 0.3 is 0 Å². The van der Waals surface area contributed by atoms with Crippen molar-refractivity contribution in [1.29, 1.82) is 10.8 Å². The van der Waals surface area contributed by atoms with Crippen molar-refractivity contribution < 1.29 is 0 Å². The molecule has 0 saturated carbocycles. The monoisotopic (exact) mass is 134 g/mol. The molecule has 0 saturated heterocycles. The highest BCUT2D eigenvalue weighted by Gasteiger charge is 2.09. The second-order valence-corrected chi connectivity index (χ2v) is 2.43. The van der Waals surface area contributed by atoms with E-state index in [1.165, 1.54) is 0 Å². The van der Waals surface area contributed by atoms with Crippen LogP contribution in [0.3, 0.4) is 0 Å². The zero-order chi connectivity index (χ0) is 7.72. The molecule has 0 aromatic carbocycles. The van der Waals surface area contributed by atoms with Gasteiger partial charge in [-0.05, 0) is 31.1 Å². The molecule has 1 aliphatic carbocycles. The van der Waals surface area contributed by atoms with Crippen molar-refractivity contribution in [2.45, 2.75) is 13.8 Å². The van der Waals surface area contributed by atoms with Gasteiger partial charge in [-0.25, -0.2) is 0 Å². The van der Waals surface area contributed by atoms with Gasteiger partial charge in [-0.2, -0.15) is 0 Å². The molecule has 0 unspecified atom stereocenters. The molecule has 0 aliphatic heterocycles. The Morgan fingerprint density at radius 1 is 1.10 bits per heavy atom. The lowest BCUT2D eigenvalue weighted by Crippen LogP contribution is -2.14. The Morgan fingerprint density at radius 2 is 1.70 bits per heavy atom. The largest absolute Gasteiger partial charge is 0.299 e. The summed E-state index contributed by atoms with van der Waals surface area (Å²) >= 11 is 0. The van der Waals surface area contributed by atoms with E-state index in [0.29, 0.717) is 11.4 Å². The molecular formula is C8H10N2. The maximum Gasteiger partial charge on any atom is 0.0820 e. The maximum atomic E-state index is 7.40. The second-order valence-electron chi connectivity index (χ2n) is 2.43. The summed E-state index contributed by atoms with van der Waals surface area (Å²) in [5.41, 5.74) is 2.65. The zero-order valence-electron chi connectivity index (χ0n) is 6.15. The highest BCUT2D eigenvalue weighted by atomic mass is 14.5. The molecule has 0 radical (unpaired) electrons. The minimum Gasteiger partial charge on any atom is -0.299 e. The van der Waals surface area contributed by atoms with Gasteiger partial charge in [-0.1, -0.05) is 6.08 Å². The fourth-order valence-corrected chi connectivity index (χ4v) is 0.816. The fourth-order valence-electron chi connectivity index (χ4n) is 0.816. The lowest BCUT2D eigenvalue weighted by atomic mass is 9.97. The Bertz CT molecular complexity index is 256. The van der Waals surface area contributed by atoms with E-state index in [1.807, 2.05) is 19.9 Å². The quantitative estimate of drug-likeness (QED) is 0.475. The summed E-state index contributed by atoms with van der Waals surface area (Å²) in [5.74, 6) is 0. The summed E-state index contributed by atoms with van der Waals surface area (Å²) in [6.07, 6.45) is 3.53. The Morgan fingerprint density at radius 3 is 2.20 bits per heavy atom. The molecule has 2 heteroatoms. The first kappa shape index (κ1) is 6.93. The summed E-state index contributed by atoms with van der Waals surface area (Å²) in [7, 11) is 0. The molecule has 1 aliphatic rings. The molecule has 0 spiro atoms. The van der Waals surface area contributed by atoms with E-state index in [4.69, 9.17) is 10.8 Å². The van der Waals surface area contributed by atoms with Gasteiger partial charge in [0.2, 0.25) is 0 Å². The van der Waals surface area contributed by atoms with Crippen LogP contribution in [0.2, 0.25) is 0 Å². The lowest BCUT2D eigenvalue weighted by Gasteiger charge is -2.09. The molecule has 0 aromatic heterocycles. The average molecular weight is 134 g/mol. The van der Waals surface area contributed by atoms with E-state index < -0.39 is 0 Å². The number of allylic oxidation sites excluding steroid dienone is 4. The molecule has 2 nitrogen and oxygen atoms in total. The molecule has 2 N–H and O–H groups in total. The van der Waals surface area contributed by atoms with Gasteiger partial charge in [0.15, 0.2) is 0 Å². The summed E-state index contributed by atoms with van der Waals surface area (Å²) < 4.78 is 0. The van der Waals surface area contributed by atoms with Crippen LogP contribution in [-0.4, -0.2) is 11.4 Å². The van der Waals surface area contributed by atoms with Crippen LogP contribution in [0.25, 0.3) is 0 Å².